The molecule has 5 heteroatoms. The SMILES string of the molecule is Cc1nnc(S[C@@H](C)C(=O)c2ccc3c(c2)CCC3)n1C1CC1. The smallest absolute Gasteiger partial charge is 0.192 e. The van der Waals surface area contributed by atoms with Crippen LogP contribution in [0.25, 0.3) is 0 Å². The predicted molar refractivity (Wildman–Crippen MR) is 91.1 cm³/mol. The standard InChI is InChI=1S/C18H21N3OS/c1-11(23-18-20-19-12(2)21(18)16-8-9-16)17(22)15-7-6-13-4-3-5-14(13)10-15/h6-7,10-11,16H,3-5,8-9H2,1-2H3/t11-/m0/s1. The van der Waals surface area contributed by atoms with Crippen molar-refractivity contribution in [1.82, 2.24) is 14.8 Å². The van der Waals surface area contributed by atoms with Gasteiger partial charge >= 0.3 is 0 Å². The van der Waals surface area contributed by atoms with Crippen molar-refractivity contribution in [2.75, 3.05) is 0 Å². The van der Waals surface area contributed by atoms with Crippen molar-refractivity contribution in [3.8, 4) is 0 Å². The molecule has 0 amide bonds. The number of nitrogens with zero attached hydrogens (tertiary/aromatic N) is 3. The van der Waals surface area contributed by atoms with Gasteiger partial charge in [-0.1, -0.05) is 23.9 Å². The van der Waals surface area contributed by atoms with Crippen molar-refractivity contribution in [1.29, 1.82) is 0 Å². The van der Waals surface area contributed by atoms with Gasteiger partial charge in [-0.2, -0.15) is 0 Å². The lowest BCUT2D eigenvalue weighted by molar-refractivity contribution is 0.0993. The average Bonchev–Trinajstić information content (AvgIpc) is 3.15. The molecule has 4 rings (SSSR count). The summed E-state index contributed by atoms with van der Waals surface area (Å²) in [5.74, 6) is 1.14. The maximum absolute atomic E-state index is 12.8. The zero-order chi connectivity index (χ0) is 16.0. The largest absolute Gasteiger partial charge is 0.303 e. The van der Waals surface area contributed by atoms with Gasteiger partial charge in [0.15, 0.2) is 10.9 Å². The zero-order valence-electron chi connectivity index (χ0n) is 13.6. The number of Topliss-reactive ketones (excluding diaryl/α,β-unsaturated/α-hetero) is 1. The Bertz CT molecular complexity index is 764. The Morgan fingerprint density at radius 3 is 2.83 bits per heavy atom. The van der Waals surface area contributed by atoms with Gasteiger partial charge in [-0.25, -0.2) is 0 Å². The molecule has 0 aliphatic heterocycles. The Labute approximate surface area is 140 Å². The van der Waals surface area contributed by atoms with Crippen molar-refractivity contribution in [2.45, 2.75) is 62.4 Å². The van der Waals surface area contributed by atoms with E-state index in [-0.39, 0.29) is 11.0 Å². The van der Waals surface area contributed by atoms with E-state index in [1.165, 1.54) is 42.2 Å². The number of ketones is 1. The third-order valence-corrected chi connectivity index (χ3v) is 5.84. The Hall–Kier alpha value is -1.62. The van der Waals surface area contributed by atoms with Crippen LogP contribution in [0.1, 0.15) is 59.5 Å². The van der Waals surface area contributed by atoms with Crippen LogP contribution in [0.3, 0.4) is 0 Å². The van der Waals surface area contributed by atoms with Gasteiger partial charge in [-0.15, -0.1) is 10.2 Å². The summed E-state index contributed by atoms with van der Waals surface area (Å²) in [6, 6.07) is 6.75. The summed E-state index contributed by atoms with van der Waals surface area (Å²) < 4.78 is 2.19. The van der Waals surface area contributed by atoms with E-state index in [0.29, 0.717) is 6.04 Å². The van der Waals surface area contributed by atoms with Crippen LogP contribution in [-0.4, -0.2) is 25.8 Å². The quantitative estimate of drug-likeness (QED) is 0.619. The molecule has 23 heavy (non-hydrogen) atoms. The van der Waals surface area contributed by atoms with Crippen molar-refractivity contribution in [3.05, 3.63) is 40.7 Å². The highest BCUT2D eigenvalue weighted by Gasteiger charge is 2.30. The topological polar surface area (TPSA) is 47.8 Å². The summed E-state index contributed by atoms with van der Waals surface area (Å²) in [4.78, 5) is 12.8. The van der Waals surface area contributed by atoms with Crippen LogP contribution in [0.15, 0.2) is 23.4 Å². The van der Waals surface area contributed by atoms with Gasteiger partial charge in [0.1, 0.15) is 5.82 Å². The summed E-state index contributed by atoms with van der Waals surface area (Å²) in [5.41, 5.74) is 3.59. The number of rotatable bonds is 5. The first kappa shape index (κ1) is 14.9. The van der Waals surface area contributed by atoms with Crippen LogP contribution < -0.4 is 0 Å². The van der Waals surface area contributed by atoms with Gasteiger partial charge in [0.05, 0.1) is 5.25 Å². The molecular formula is C18H21N3OS. The second-order valence-corrected chi connectivity index (χ2v) is 7.90. The van der Waals surface area contributed by atoms with E-state index in [4.69, 9.17) is 0 Å². The summed E-state index contributed by atoms with van der Waals surface area (Å²) in [5, 5.41) is 9.20. The third kappa shape index (κ3) is 2.82. The lowest BCUT2D eigenvalue weighted by atomic mass is 10.0. The van der Waals surface area contributed by atoms with Crippen molar-refractivity contribution >= 4 is 17.5 Å². The molecule has 0 unspecified atom stereocenters. The molecule has 1 aromatic heterocycles. The van der Waals surface area contributed by atoms with E-state index in [0.717, 1.165) is 29.4 Å². The molecule has 2 aliphatic rings. The molecule has 4 nitrogen and oxygen atoms in total. The second-order valence-electron chi connectivity index (χ2n) is 6.59. The zero-order valence-corrected chi connectivity index (χ0v) is 14.4. The Morgan fingerprint density at radius 1 is 1.26 bits per heavy atom. The number of hydrogen-bond donors (Lipinski definition) is 0. The lowest BCUT2D eigenvalue weighted by Crippen LogP contribution is -2.15. The molecular weight excluding hydrogens is 306 g/mol. The molecule has 2 aliphatic carbocycles. The van der Waals surface area contributed by atoms with Crippen LogP contribution >= 0.6 is 11.8 Å². The summed E-state index contributed by atoms with van der Waals surface area (Å²) in [7, 11) is 0. The predicted octanol–water partition coefficient (Wildman–Crippen LogP) is 3.77. The Kier molecular flexibility index (Phi) is 3.76. The average molecular weight is 327 g/mol. The van der Waals surface area contributed by atoms with Crippen molar-refractivity contribution in [3.63, 3.8) is 0 Å². The van der Waals surface area contributed by atoms with E-state index in [2.05, 4.69) is 26.9 Å². The van der Waals surface area contributed by atoms with Crippen LogP contribution in [-0.2, 0) is 12.8 Å². The fourth-order valence-electron chi connectivity index (χ4n) is 3.35. The fourth-order valence-corrected chi connectivity index (χ4v) is 4.40. The fraction of sp³-hybridized carbons (Fsp3) is 0.500. The molecule has 1 aromatic carbocycles. The molecule has 2 aromatic rings. The summed E-state index contributed by atoms with van der Waals surface area (Å²) in [6.07, 6.45) is 5.85. The van der Waals surface area contributed by atoms with Gasteiger partial charge in [0.25, 0.3) is 0 Å². The first-order valence-electron chi connectivity index (χ1n) is 8.37. The number of thioether (sulfide) groups is 1. The molecule has 0 bridgehead atoms. The van der Waals surface area contributed by atoms with Gasteiger partial charge in [0, 0.05) is 11.6 Å². The third-order valence-electron chi connectivity index (χ3n) is 4.78. The second kappa shape index (κ2) is 5.78. The van der Waals surface area contributed by atoms with Crippen molar-refractivity contribution < 1.29 is 4.79 Å². The van der Waals surface area contributed by atoms with E-state index >= 15 is 0 Å². The minimum atomic E-state index is -0.143. The monoisotopic (exact) mass is 327 g/mol. The number of aryl methyl sites for hydroxylation is 3. The molecule has 1 heterocycles. The molecule has 0 spiro atoms. The molecule has 1 fully saturated rings. The number of aromatic nitrogens is 3. The molecule has 1 atom stereocenters. The minimum absolute atomic E-state index is 0.143. The van der Waals surface area contributed by atoms with Crippen molar-refractivity contribution in [2.24, 2.45) is 0 Å². The maximum atomic E-state index is 12.8. The van der Waals surface area contributed by atoms with E-state index < -0.39 is 0 Å². The van der Waals surface area contributed by atoms with E-state index in [1.807, 2.05) is 19.9 Å². The Balaban J connectivity index is 1.52. The lowest BCUT2D eigenvalue weighted by Gasteiger charge is -2.12. The van der Waals surface area contributed by atoms with Gasteiger partial charge in [0.2, 0.25) is 0 Å². The number of carbonyl (C=O) groups excluding carboxylic acids is 1. The highest BCUT2D eigenvalue weighted by molar-refractivity contribution is 8.00. The highest BCUT2D eigenvalue weighted by Crippen LogP contribution is 2.39. The van der Waals surface area contributed by atoms with E-state index in [1.54, 1.807) is 0 Å². The minimum Gasteiger partial charge on any atom is -0.303 e. The molecule has 0 N–H and O–H groups in total. The van der Waals surface area contributed by atoms with Crippen LogP contribution in [0.5, 0.6) is 0 Å². The first-order valence-corrected chi connectivity index (χ1v) is 9.25. The number of fused-ring (bicyclic) bond motifs is 1. The van der Waals surface area contributed by atoms with Crippen LogP contribution in [0, 0.1) is 6.92 Å². The summed E-state index contributed by atoms with van der Waals surface area (Å²) >= 11 is 1.54. The maximum Gasteiger partial charge on any atom is 0.192 e. The Morgan fingerprint density at radius 2 is 2.04 bits per heavy atom. The molecule has 0 saturated heterocycles. The number of hydrogen-bond acceptors (Lipinski definition) is 4. The molecule has 0 radical (unpaired) electrons. The van der Waals surface area contributed by atoms with Crippen LogP contribution in [0.2, 0.25) is 0 Å². The molecule has 120 valence electrons. The van der Waals surface area contributed by atoms with Gasteiger partial charge < -0.3 is 4.57 Å². The van der Waals surface area contributed by atoms with Gasteiger partial charge in [-0.05, 0) is 63.1 Å². The molecule has 1 saturated carbocycles. The first-order chi connectivity index (χ1) is 11.1. The number of carbonyl (C=O) groups is 1. The van der Waals surface area contributed by atoms with Crippen LogP contribution in [0.4, 0.5) is 0 Å². The highest BCUT2D eigenvalue weighted by atomic mass is 32.2. The number of benzene rings is 1. The summed E-state index contributed by atoms with van der Waals surface area (Å²) in [6.45, 7) is 3.96. The van der Waals surface area contributed by atoms with E-state index in [9.17, 15) is 4.79 Å². The van der Waals surface area contributed by atoms with Gasteiger partial charge in [-0.3, -0.25) is 4.79 Å². The normalized spacial score (nSPS) is 18.0.